The fourth-order valence-electron chi connectivity index (χ4n) is 5.41. The fraction of sp³-hybridized carbons (Fsp3) is 0.0682. The Morgan fingerprint density at radius 3 is 1.23 bits per heavy atom. The molecule has 292 valence electrons. The van der Waals surface area contributed by atoms with E-state index >= 15 is 0 Å². The number of aromatic nitrogens is 3. The van der Waals surface area contributed by atoms with Crippen LogP contribution in [0.2, 0.25) is 0 Å². The number of halogens is 3. The van der Waals surface area contributed by atoms with Gasteiger partial charge < -0.3 is 23.2 Å². The molecule has 0 saturated carbocycles. The molecule has 0 atom stereocenters. The van der Waals surface area contributed by atoms with Gasteiger partial charge >= 0.3 is 0 Å². The van der Waals surface area contributed by atoms with E-state index in [4.69, 9.17) is 13.3 Å². The van der Waals surface area contributed by atoms with Crippen molar-refractivity contribution in [2.75, 3.05) is 0 Å². The predicted octanol–water partition coefficient (Wildman–Crippen LogP) is 11.1. The van der Waals surface area contributed by atoms with Crippen LogP contribution in [-0.2, 0) is 49.8 Å². The minimum Gasteiger partial charge on any atom is -0.465 e. The van der Waals surface area contributed by atoms with E-state index in [0.29, 0.717) is 0 Å². The molecule has 0 aliphatic heterocycles. The second-order valence-corrected chi connectivity index (χ2v) is 11.9. The molecule has 13 heteroatoms. The maximum absolute atomic E-state index is 12.8. The molecule has 0 aliphatic carbocycles. The number of fused-ring (bicyclic) bond motifs is 3. The van der Waals surface area contributed by atoms with Gasteiger partial charge in [-0.3, -0.25) is 23.4 Å². The number of carbonyl (C=O) groups is 2. The van der Waals surface area contributed by atoms with Crippen LogP contribution in [-0.4, -0.2) is 26.5 Å². The Labute approximate surface area is 351 Å². The van der Waals surface area contributed by atoms with Crippen LogP contribution in [0.1, 0.15) is 20.3 Å². The summed E-state index contributed by atoms with van der Waals surface area (Å²) in [4.78, 5) is 32.9. The van der Waals surface area contributed by atoms with Crippen molar-refractivity contribution in [1.82, 2.24) is 15.0 Å². The van der Waals surface area contributed by atoms with Gasteiger partial charge in [0, 0.05) is 92.2 Å². The van der Waals surface area contributed by atoms with Crippen molar-refractivity contribution >= 4 is 44.5 Å². The normalized spacial score (nSPS) is 10.1. The van der Waals surface area contributed by atoms with Gasteiger partial charge in [0.2, 0.25) is 0 Å². The van der Waals surface area contributed by atoms with Gasteiger partial charge in [-0.15, -0.1) is 59.7 Å². The zero-order valence-corrected chi connectivity index (χ0v) is 34.9. The smallest absolute Gasteiger partial charge is 0.137 e. The van der Waals surface area contributed by atoms with E-state index in [-0.39, 0.29) is 75.6 Å². The van der Waals surface area contributed by atoms with E-state index in [9.17, 15) is 22.8 Å². The SMILES string of the molecule is CC(=O)CC(C)=O.Fc1c[c-]c(-c2nccc3occc23)cc1.Fc1c[c-]c(-c2nccc3occc23)cc1.Fc1ccc(-c2nccc3occc23)cc1.[Ir].[Ir]. The molecule has 0 bridgehead atoms. The van der Waals surface area contributed by atoms with Crippen LogP contribution < -0.4 is 0 Å². The Morgan fingerprint density at radius 2 is 0.877 bits per heavy atom. The first-order valence-electron chi connectivity index (χ1n) is 16.7. The number of pyridine rings is 3. The number of carbonyl (C=O) groups excluding carboxylic acids is 2. The van der Waals surface area contributed by atoms with Crippen LogP contribution in [0.15, 0.2) is 148 Å². The summed E-state index contributed by atoms with van der Waals surface area (Å²) in [6.45, 7) is 2.81. The van der Waals surface area contributed by atoms with Gasteiger partial charge in [-0.2, -0.15) is 0 Å². The van der Waals surface area contributed by atoms with Crippen LogP contribution in [0.25, 0.3) is 66.7 Å². The minimum atomic E-state index is -0.303. The van der Waals surface area contributed by atoms with Gasteiger partial charge in [-0.1, -0.05) is 0 Å². The third kappa shape index (κ3) is 11.6. The summed E-state index contributed by atoms with van der Waals surface area (Å²) in [7, 11) is 0. The molecule has 0 N–H and O–H groups in total. The number of nitrogens with zero attached hydrogens (tertiary/aromatic N) is 3. The molecule has 9 rings (SSSR count). The second-order valence-electron chi connectivity index (χ2n) is 11.9. The van der Waals surface area contributed by atoms with Crippen LogP contribution in [0.3, 0.4) is 0 Å². The van der Waals surface area contributed by atoms with E-state index in [1.165, 1.54) is 50.2 Å². The van der Waals surface area contributed by atoms with E-state index in [0.717, 1.165) is 66.7 Å². The zero-order valence-electron chi connectivity index (χ0n) is 30.1. The van der Waals surface area contributed by atoms with Crippen molar-refractivity contribution in [3.63, 3.8) is 0 Å². The van der Waals surface area contributed by atoms with Crippen LogP contribution in [0.5, 0.6) is 0 Å². The summed E-state index contributed by atoms with van der Waals surface area (Å²) in [6, 6.07) is 31.6. The average molecular weight is 1120 g/mol. The van der Waals surface area contributed by atoms with Crippen molar-refractivity contribution in [2.45, 2.75) is 20.3 Å². The number of Topliss-reactive ketones (excluding diaryl/α,β-unsaturated/α-hetero) is 2. The van der Waals surface area contributed by atoms with Gasteiger partial charge in [0.15, 0.2) is 0 Å². The minimum absolute atomic E-state index is 0. The number of benzene rings is 3. The number of rotatable bonds is 5. The molecular formula is C44H30F3Ir2N3O5-2. The molecule has 0 aliphatic rings. The van der Waals surface area contributed by atoms with E-state index < -0.39 is 0 Å². The monoisotopic (exact) mass is 1120 g/mol. The Morgan fingerprint density at radius 1 is 0.509 bits per heavy atom. The van der Waals surface area contributed by atoms with Crippen molar-refractivity contribution in [1.29, 1.82) is 0 Å². The number of furan rings is 3. The summed E-state index contributed by atoms with van der Waals surface area (Å²) in [5.41, 5.74) is 7.04. The van der Waals surface area contributed by atoms with Crippen molar-refractivity contribution in [3.05, 3.63) is 164 Å². The molecular weight excluding hydrogens is 1090 g/mol. The number of ketones is 2. The molecule has 9 aromatic rings. The molecule has 57 heavy (non-hydrogen) atoms. The maximum Gasteiger partial charge on any atom is 0.137 e. The molecule has 6 heterocycles. The number of hydrogen-bond donors (Lipinski definition) is 0. The summed E-state index contributed by atoms with van der Waals surface area (Å²) in [5, 5.41) is 2.75. The summed E-state index contributed by atoms with van der Waals surface area (Å²) >= 11 is 0. The molecule has 3 aromatic carbocycles. The summed E-state index contributed by atoms with van der Waals surface area (Å²) < 4.78 is 54.2. The largest absolute Gasteiger partial charge is 0.465 e. The summed E-state index contributed by atoms with van der Waals surface area (Å²) in [6.07, 6.45) is 9.94. The zero-order chi connectivity index (χ0) is 38.7. The molecule has 0 amide bonds. The predicted molar refractivity (Wildman–Crippen MR) is 202 cm³/mol. The van der Waals surface area contributed by atoms with Crippen LogP contribution >= 0.6 is 0 Å². The molecule has 0 saturated heterocycles. The van der Waals surface area contributed by atoms with E-state index in [1.54, 1.807) is 73.8 Å². The topological polar surface area (TPSA) is 112 Å². The average Bonchev–Trinajstić information content (AvgIpc) is 3.97. The van der Waals surface area contributed by atoms with Gasteiger partial charge in [0.05, 0.1) is 30.9 Å². The standard InChI is InChI=1S/C13H8FNO.2C13H7FNO.C5H8O2.2Ir/c3*14-10-3-1-9(2-4-10)13-11-6-8-16-12(11)5-7-15-13;1-4(6)3-5(2)7;;/h1-8H;2*1,3-8H;3H2,1-2H3;;/q;2*-1;;;. The molecule has 6 aromatic heterocycles. The first-order valence-corrected chi connectivity index (χ1v) is 16.7. The molecule has 0 unspecified atom stereocenters. The Kier molecular flexibility index (Phi) is 16.1. The summed E-state index contributed by atoms with van der Waals surface area (Å²) in [5.74, 6) is -0.977. The van der Waals surface area contributed by atoms with E-state index in [2.05, 4.69) is 27.1 Å². The third-order valence-corrected chi connectivity index (χ3v) is 7.81. The van der Waals surface area contributed by atoms with Crippen molar-refractivity contribution in [3.8, 4) is 33.8 Å². The third-order valence-electron chi connectivity index (χ3n) is 7.81. The molecule has 8 nitrogen and oxygen atoms in total. The van der Waals surface area contributed by atoms with Crippen LogP contribution in [0, 0.1) is 29.6 Å². The van der Waals surface area contributed by atoms with Crippen molar-refractivity contribution < 1.29 is 76.2 Å². The quantitative estimate of drug-likeness (QED) is 0.124. The van der Waals surface area contributed by atoms with Gasteiger partial charge in [0.1, 0.15) is 34.1 Å². The Balaban J connectivity index is 0.000000172. The molecule has 0 spiro atoms. The molecule has 2 radical (unpaired) electrons. The first-order chi connectivity index (χ1) is 26.7. The molecule has 0 fully saturated rings. The Bertz CT molecular complexity index is 2390. The van der Waals surface area contributed by atoms with Gasteiger partial charge in [0.25, 0.3) is 0 Å². The first kappa shape index (κ1) is 43.9. The van der Waals surface area contributed by atoms with Crippen LogP contribution in [0.4, 0.5) is 13.2 Å². The maximum atomic E-state index is 12.8. The van der Waals surface area contributed by atoms with Gasteiger partial charge in [-0.05, 0) is 85.9 Å². The Hall–Kier alpha value is -5.84. The van der Waals surface area contributed by atoms with Crippen molar-refractivity contribution in [2.24, 2.45) is 0 Å². The fourth-order valence-corrected chi connectivity index (χ4v) is 5.41. The van der Waals surface area contributed by atoms with Gasteiger partial charge in [-0.25, -0.2) is 4.39 Å². The number of hydrogen-bond acceptors (Lipinski definition) is 8. The second kappa shape index (κ2) is 20.9. The van der Waals surface area contributed by atoms with E-state index in [1.807, 2.05) is 24.3 Å².